The normalized spacial score (nSPS) is 15.4. The smallest absolute Gasteiger partial charge is 0.321 e. The quantitative estimate of drug-likeness (QED) is 0.740. The number of carbonyl (C=O) groups excluding carboxylic acids is 1. The lowest BCUT2D eigenvalue weighted by Crippen LogP contribution is -2.44. The van der Waals surface area contributed by atoms with Crippen LogP contribution in [-0.2, 0) is 7.05 Å². The first-order valence-corrected chi connectivity index (χ1v) is 9.59. The Bertz CT molecular complexity index is 876. The second kappa shape index (κ2) is 6.95. The van der Waals surface area contributed by atoms with E-state index in [1.807, 2.05) is 53.9 Å². The predicted octanol–water partition coefficient (Wildman–Crippen LogP) is 3.45. The number of hydrogen-bond acceptors (Lipinski definition) is 5. The van der Waals surface area contributed by atoms with E-state index in [1.54, 1.807) is 11.3 Å². The fourth-order valence-electron chi connectivity index (χ4n) is 3.27. The third-order valence-corrected chi connectivity index (χ3v) is 5.76. The average Bonchev–Trinajstić information content (AvgIpc) is 3.17. The van der Waals surface area contributed by atoms with E-state index >= 15 is 0 Å². The largest absolute Gasteiger partial charge is 0.359 e. The van der Waals surface area contributed by atoms with Crippen LogP contribution in [0.3, 0.4) is 0 Å². The van der Waals surface area contributed by atoms with E-state index in [0.717, 1.165) is 52.8 Å². The summed E-state index contributed by atoms with van der Waals surface area (Å²) in [6.45, 7) is 3.48. The van der Waals surface area contributed by atoms with Crippen LogP contribution in [0.5, 0.6) is 0 Å². The van der Waals surface area contributed by atoms with Gasteiger partial charge >= 0.3 is 6.03 Å². The molecule has 0 aliphatic carbocycles. The minimum atomic E-state index is -0.0312. The third kappa shape index (κ3) is 3.37. The van der Waals surface area contributed by atoms with Crippen molar-refractivity contribution in [2.75, 3.05) is 23.7 Å². The number of nitrogens with zero attached hydrogens (tertiary/aromatic N) is 4. The highest BCUT2D eigenvalue weighted by atomic mass is 32.1. The first-order valence-electron chi connectivity index (χ1n) is 8.78. The first-order chi connectivity index (χ1) is 12.6. The Kier molecular flexibility index (Phi) is 4.50. The third-order valence-electron chi connectivity index (χ3n) is 4.68. The van der Waals surface area contributed by atoms with Gasteiger partial charge in [0.15, 0.2) is 10.8 Å². The second-order valence-corrected chi connectivity index (χ2v) is 7.58. The van der Waals surface area contributed by atoms with Gasteiger partial charge in [0, 0.05) is 31.9 Å². The van der Waals surface area contributed by atoms with Crippen LogP contribution in [0.15, 0.2) is 30.3 Å². The Hall–Kier alpha value is -2.61. The van der Waals surface area contributed by atoms with E-state index in [0.29, 0.717) is 6.04 Å². The highest BCUT2D eigenvalue weighted by Gasteiger charge is 2.24. The highest BCUT2D eigenvalue weighted by Crippen LogP contribution is 2.29. The number of hydrogen-bond donors (Lipinski definition) is 2. The van der Waals surface area contributed by atoms with E-state index in [-0.39, 0.29) is 6.03 Å². The molecule has 7 nitrogen and oxygen atoms in total. The number of aryl methyl sites for hydroxylation is 2. The Morgan fingerprint density at radius 1 is 1.23 bits per heavy atom. The van der Waals surface area contributed by atoms with Gasteiger partial charge in [-0.05, 0) is 31.9 Å². The van der Waals surface area contributed by atoms with Crippen molar-refractivity contribution in [1.29, 1.82) is 0 Å². The van der Waals surface area contributed by atoms with Crippen LogP contribution < -0.4 is 10.6 Å². The van der Waals surface area contributed by atoms with Crippen LogP contribution in [0.2, 0.25) is 0 Å². The average molecular weight is 370 g/mol. The van der Waals surface area contributed by atoms with Gasteiger partial charge in [0.05, 0.1) is 10.4 Å². The molecule has 3 heterocycles. The maximum absolute atomic E-state index is 12.4. The molecule has 1 aromatic carbocycles. The maximum atomic E-state index is 12.4. The molecule has 1 fully saturated rings. The molecule has 4 rings (SSSR count). The van der Waals surface area contributed by atoms with Gasteiger partial charge in [0.2, 0.25) is 0 Å². The number of urea groups is 1. The van der Waals surface area contributed by atoms with Gasteiger partial charge < -0.3 is 15.5 Å². The van der Waals surface area contributed by atoms with Crippen molar-refractivity contribution in [2.24, 2.45) is 7.05 Å². The summed E-state index contributed by atoms with van der Waals surface area (Å²) in [5, 5.41) is 11.8. The van der Waals surface area contributed by atoms with Crippen molar-refractivity contribution in [1.82, 2.24) is 19.7 Å². The van der Waals surface area contributed by atoms with Gasteiger partial charge in [-0.2, -0.15) is 5.10 Å². The molecule has 136 valence electrons. The molecule has 2 aromatic heterocycles. The molecule has 1 aliphatic heterocycles. The number of anilines is 2. The summed E-state index contributed by atoms with van der Waals surface area (Å²) in [4.78, 5) is 18.9. The van der Waals surface area contributed by atoms with Crippen molar-refractivity contribution in [3.05, 3.63) is 36.0 Å². The lowest BCUT2D eigenvalue weighted by atomic mass is 10.1. The molecule has 2 N–H and O–H groups in total. The minimum absolute atomic E-state index is 0.0312. The number of piperidine rings is 1. The number of para-hydroxylation sites is 1. The van der Waals surface area contributed by atoms with Gasteiger partial charge in [-0.25, -0.2) is 14.5 Å². The fraction of sp³-hybridized carbons (Fsp3) is 0.389. The molecule has 0 atom stereocenters. The van der Waals surface area contributed by atoms with Crippen molar-refractivity contribution in [2.45, 2.75) is 25.8 Å². The van der Waals surface area contributed by atoms with Crippen molar-refractivity contribution < 1.29 is 4.79 Å². The molecule has 0 bridgehead atoms. The molecule has 0 saturated carbocycles. The van der Waals surface area contributed by atoms with Crippen molar-refractivity contribution >= 4 is 38.5 Å². The van der Waals surface area contributed by atoms with Crippen LogP contribution in [0, 0.1) is 6.92 Å². The molecule has 2 amide bonds. The maximum Gasteiger partial charge on any atom is 0.321 e. The van der Waals surface area contributed by atoms with Crippen molar-refractivity contribution in [3.8, 4) is 0 Å². The van der Waals surface area contributed by atoms with Crippen LogP contribution in [-0.4, -0.2) is 44.8 Å². The number of amides is 2. The summed E-state index contributed by atoms with van der Waals surface area (Å²) in [5.41, 5.74) is 2.77. The van der Waals surface area contributed by atoms with E-state index in [1.165, 1.54) is 0 Å². The number of likely N-dealkylation sites (tertiary alicyclic amines) is 1. The zero-order valence-corrected chi connectivity index (χ0v) is 15.7. The summed E-state index contributed by atoms with van der Waals surface area (Å²) in [6.07, 6.45) is 1.82. The van der Waals surface area contributed by atoms with E-state index in [4.69, 9.17) is 0 Å². The molecule has 1 aliphatic rings. The lowest BCUT2D eigenvalue weighted by Gasteiger charge is -2.32. The minimum Gasteiger partial charge on any atom is -0.359 e. The summed E-state index contributed by atoms with van der Waals surface area (Å²) in [6, 6.07) is 9.88. The summed E-state index contributed by atoms with van der Waals surface area (Å²) >= 11 is 1.65. The molecule has 0 radical (unpaired) electrons. The number of thiazole rings is 1. The SMILES string of the molecule is Cc1nn(C)c2nc(NC3CCN(C(=O)Nc4ccccc4)CC3)sc12. The Morgan fingerprint density at radius 3 is 2.65 bits per heavy atom. The fourth-order valence-corrected chi connectivity index (χ4v) is 4.28. The van der Waals surface area contributed by atoms with Gasteiger partial charge in [-0.1, -0.05) is 29.5 Å². The molecular formula is C18H22N6OS. The topological polar surface area (TPSA) is 75.1 Å². The van der Waals surface area contributed by atoms with E-state index < -0.39 is 0 Å². The molecule has 1 saturated heterocycles. The summed E-state index contributed by atoms with van der Waals surface area (Å²) < 4.78 is 2.96. The molecule has 0 spiro atoms. The van der Waals surface area contributed by atoms with Crippen LogP contribution in [0.1, 0.15) is 18.5 Å². The predicted molar refractivity (Wildman–Crippen MR) is 105 cm³/mol. The molecule has 3 aromatic rings. The molecular weight excluding hydrogens is 348 g/mol. The monoisotopic (exact) mass is 370 g/mol. The number of carbonyl (C=O) groups is 1. The van der Waals surface area contributed by atoms with Gasteiger partial charge in [-0.3, -0.25) is 0 Å². The number of rotatable bonds is 3. The van der Waals surface area contributed by atoms with E-state index in [2.05, 4.69) is 20.7 Å². The Labute approximate surface area is 156 Å². The lowest BCUT2D eigenvalue weighted by molar-refractivity contribution is 0.197. The Morgan fingerprint density at radius 2 is 1.96 bits per heavy atom. The van der Waals surface area contributed by atoms with Crippen LogP contribution in [0.25, 0.3) is 10.3 Å². The van der Waals surface area contributed by atoms with Gasteiger partial charge in [-0.15, -0.1) is 0 Å². The van der Waals surface area contributed by atoms with Gasteiger partial charge in [0.25, 0.3) is 0 Å². The summed E-state index contributed by atoms with van der Waals surface area (Å²) in [5.74, 6) is 0. The Balaban J connectivity index is 1.33. The highest BCUT2D eigenvalue weighted by molar-refractivity contribution is 7.22. The number of benzene rings is 1. The number of aromatic nitrogens is 3. The van der Waals surface area contributed by atoms with Gasteiger partial charge in [0.1, 0.15) is 0 Å². The molecule has 0 unspecified atom stereocenters. The zero-order chi connectivity index (χ0) is 18.1. The standard InChI is InChI=1S/C18H22N6OS/c1-12-15-16(23(2)22-12)21-17(26-15)19-14-8-10-24(11-9-14)18(25)20-13-6-4-3-5-7-13/h3-7,14H,8-11H2,1-2H3,(H,19,21)(H,20,25). The molecule has 8 heteroatoms. The molecule has 26 heavy (non-hydrogen) atoms. The van der Waals surface area contributed by atoms with E-state index in [9.17, 15) is 4.79 Å². The van der Waals surface area contributed by atoms with Crippen LogP contribution >= 0.6 is 11.3 Å². The number of nitrogens with one attached hydrogen (secondary N) is 2. The second-order valence-electron chi connectivity index (χ2n) is 6.58. The number of fused-ring (bicyclic) bond motifs is 1. The zero-order valence-electron chi connectivity index (χ0n) is 14.9. The first kappa shape index (κ1) is 16.8. The van der Waals surface area contributed by atoms with Crippen molar-refractivity contribution in [3.63, 3.8) is 0 Å². The summed E-state index contributed by atoms with van der Waals surface area (Å²) in [7, 11) is 1.92. The van der Waals surface area contributed by atoms with Crippen LogP contribution in [0.4, 0.5) is 15.6 Å².